The maximum atomic E-state index is 12.7. The van der Waals surface area contributed by atoms with Gasteiger partial charge in [-0.05, 0) is 49.4 Å². The predicted octanol–water partition coefficient (Wildman–Crippen LogP) is 2.87. The van der Waals surface area contributed by atoms with E-state index in [1.54, 1.807) is 0 Å². The molecule has 1 aliphatic carbocycles. The second-order valence-corrected chi connectivity index (χ2v) is 7.35. The molecule has 4 heteroatoms. The molecule has 4 nitrogen and oxygen atoms in total. The number of hydrogen-bond acceptors (Lipinski definition) is 3. The number of nitrogens with two attached hydrogens (primary N) is 1. The first-order chi connectivity index (χ1) is 11.8. The number of benzene rings is 1. The molecular weight excluding hydrogens is 298 g/mol. The van der Waals surface area contributed by atoms with Crippen LogP contribution in [0.3, 0.4) is 0 Å². The third kappa shape index (κ3) is 4.58. The molecule has 0 aromatic heterocycles. The molecule has 1 amide bonds. The molecule has 0 radical (unpaired) electrons. The minimum absolute atomic E-state index is 0.165. The van der Waals surface area contributed by atoms with Gasteiger partial charge in [0.15, 0.2) is 0 Å². The minimum atomic E-state index is 0.165. The van der Waals surface area contributed by atoms with Crippen molar-refractivity contribution in [3.8, 4) is 0 Å². The van der Waals surface area contributed by atoms with Crippen LogP contribution in [0.1, 0.15) is 54.4 Å². The molecule has 0 unspecified atom stereocenters. The van der Waals surface area contributed by atoms with E-state index in [1.165, 1.54) is 38.6 Å². The largest absolute Gasteiger partial charge is 0.337 e. The highest BCUT2D eigenvalue weighted by molar-refractivity contribution is 5.94. The molecule has 132 valence electrons. The molecule has 1 saturated heterocycles. The Labute approximate surface area is 146 Å². The molecule has 1 aromatic rings. The maximum absolute atomic E-state index is 12.7. The van der Waals surface area contributed by atoms with Gasteiger partial charge in [-0.25, -0.2) is 0 Å². The van der Waals surface area contributed by atoms with Crippen molar-refractivity contribution >= 4 is 5.91 Å². The average Bonchev–Trinajstić information content (AvgIpc) is 2.88. The number of amides is 1. The van der Waals surface area contributed by atoms with Crippen LogP contribution in [0, 0.1) is 5.92 Å². The zero-order valence-electron chi connectivity index (χ0n) is 14.8. The van der Waals surface area contributed by atoms with E-state index in [0.717, 1.165) is 49.6 Å². The Morgan fingerprint density at radius 2 is 1.71 bits per heavy atom. The van der Waals surface area contributed by atoms with E-state index in [-0.39, 0.29) is 5.91 Å². The molecule has 1 saturated carbocycles. The third-order valence-electron chi connectivity index (χ3n) is 5.55. The summed E-state index contributed by atoms with van der Waals surface area (Å²) in [7, 11) is 0. The summed E-state index contributed by atoms with van der Waals surface area (Å²) < 4.78 is 0. The van der Waals surface area contributed by atoms with Crippen molar-refractivity contribution in [1.29, 1.82) is 0 Å². The fraction of sp³-hybridized carbons (Fsp3) is 0.650. The van der Waals surface area contributed by atoms with Crippen molar-refractivity contribution in [2.24, 2.45) is 11.7 Å². The molecule has 0 spiro atoms. The highest BCUT2D eigenvalue weighted by Gasteiger charge is 2.22. The van der Waals surface area contributed by atoms with E-state index in [1.807, 2.05) is 29.2 Å². The first-order valence-corrected chi connectivity index (χ1v) is 9.57. The zero-order chi connectivity index (χ0) is 16.8. The quantitative estimate of drug-likeness (QED) is 0.924. The lowest BCUT2D eigenvalue weighted by Crippen LogP contribution is -2.36. The topological polar surface area (TPSA) is 49.6 Å². The summed E-state index contributed by atoms with van der Waals surface area (Å²) >= 11 is 0. The molecule has 2 fully saturated rings. The molecule has 1 aliphatic heterocycles. The normalized spacial score (nSPS) is 20.8. The molecular formula is C20H31N3O. The van der Waals surface area contributed by atoms with Crippen LogP contribution < -0.4 is 5.73 Å². The van der Waals surface area contributed by atoms with Crippen molar-refractivity contribution in [2.75, 3.05) is 32.7 Å². The smallest absolute Gasteiger partial charge is 0.253 e. The molecule has 1 heterocycles. The van der Waals surface area contributed by atoms with Gasteiger partial charge in [0.05, 0.1) is 0 Å². The number of hydrogen-bond donors (Lipinski definition) is 1. The Kier molecular flexibility index (Phi) is 6.27. The van der Waals surface area contributed by atoms with Crippen LogP contribution in [0.4, 0.5) is 0 Å². The van der Waals surface area contributed by atoms with Gasteiger partial charge in [-0.2, -0.15) is 0 Å². The van der Waals surface area contributed by atoms with Gasteiger partial charge >= 0.3 is 0 Å². The second-order valence-electron chi connectivity index (χ2n) is 7.35. The summed E-state index contributed by atoms with van der Waals surface area (Å²) in [4.78, 5) is 17.3. The number of rotatable bonds is 4. The SMILES string of the molecule is NCc1ccc(C(=O)N2CCCN(CC3CCCCC3)CC2)cc1. The molecule has 2 aliphatic rings. The molecule has 2 N–H and O–H groups in total. The predicted molar refractivity (Wildman–Crippen MR) is 97.9 cm³/mol. The van der Waals surface area contributed by atoms with Crippen molar-refractivity contribution in [3.05, 3.63) is 35.4 Å². The van der Waals surface area contributed by atoms with Crippen LogP contribution in [0.2, 0.25) is 0 Å². The average molecular weight is 329 g/mol. The summed E-state index contributed by atoms with van der Waals surface area (Å²) in [5, 5.41) is 0. The fourth-order valence-corrected chi connectivity index (χ4v) is 4.06. The van der Waals surface area contributed by atoms with Crippen LogP contribution in [-0.2, 0) is 6.54 Å². The van der Waals surface area contributed by atoms with Gasteiger partial charge < -0.3 is 15.5 Å². The summed E-state index contributed by atoms with van der Waals surface area (Å²) in [5.74, 6) is 1.04. The Balaban J connectivity index is 1.53. The summed E-state index contributed by atoms with van der Waals surface area (Å²) in [6, 6.07) is 7.74. The Morgan fingerprint density at radius 3 is 2.42 bits per heavy atom. The summed E-state index contributed by atoms with van der Waals surface area (Å²) in [6.45, 7) is 5.62. The molecule has 0 bridgehead atoms. The van der Waals surface area contributed by atoms with E-state index in [9.17, 15) is 4.79 Å². The van der Waals surface area contributed by atoms with E-state index in [0.29, 0.717) is 6.54 Å². The third-order valence-corrected chi connectivity index (χ3v) is 5.55. The molecule has 0 atom stereocenters. The first kappa shape index (κ1) is 17.4. The Bertz CT molecular complexity index is 522. The van der Waals surface area contributed by atoms with Crippen LogP contribution >= 0.6 is 0 Å². The van der Waals surface area contributed by atoms with Crippen LogP contribution in [-0.4, -0.2) is 48.4 Å². The standard InChI is InChI=1S/C20H31N3O/c21-15-17-7-9-19(10-8-17)20(24)23-12-4-11-22(13-14-23)16-18-5-2-1-3-6-18/h7-10,18H,1-6,11-16,21H2. The van der Waals surface area contributed by atoms with Crippen LogP contribution in [0.25, 0.3) is 0 Å². The van der Waals surface area contributed by atoms with Crippen molar-refractivity contribution in [3.63, 3.8) is 0 Å². The van der Waals surface area contributed by atoms with Crippen LogP contribution in [0.15, 0.2) is 24.3 Å². The van der Waals surface area contributed by atoms with Crippen molar-refractivity contribution < 1.29 is 4.79 Å². The highest BCUT2D eigenvalue weighted by atomic mass is 16.2. The molecule has 3 rings (SSSR count). The van der Waals surface area contributed by atoms with Gasteiger partial charge in [0.2, 0.25) is 0 Å². The van der Waals surface area contributed by atoms with Gasteiger partial charge in [0.25, 0.3) is 5.91 Å². The van der Waals surface area contributed by atoms with E-state index in [4.69, 9.17) is 5.73 Å². The van der Waals surface area contributed by atoms with E-state index < -0.39 is 0 Å². The van der Waals surface area contributed by atoms with Gasteiger partial charge in [-0.15, -0.1) is 0 Å². The van der Waals surface area contributed by atoms with Crippen molar-refractivity contribution in [2.45, 2.75) is 45.1 Å². The number of carbonyl (C=O) groups excluding carboxylic acids is 1. The van der Waals surface area contributed by atoms with Gasteiger partial charge in [-0.1, -0.05) is 31.4 Å². The summed E-state index contributed by atoms with van der Waals surface area (Å²) in [6.07, 6.45) is 8.10. The van der Waals surface area contributed by atoms with Crippen molar-refractivity contribution in [1.82, 2.24) is 9.80 Å². The Morgan fingerprint density at radius 1 is 0.958 bits per heavy atom. The lowest BCUT2D eigenvalue weighted by molar-refractivity contribution is 0.0760. The molecule has 24 heavy (non-hydrogen) atoms. The van der Waals surface area contributed by atoms with Gasteiger partial charge in [-0.3, -0.25) is 4.79 Å². The monoisotopic (exact) mass is 329 g/mol. The Hall–Kier alpha value is -1.39. The fourth-order valence-electron chi connectivity index (χ4n) is 4.06. The van der Waals surface area contributed by atoms with Gasteiger partial charge in [0, 0.05) is 38.3 Å². The van der Waals surface area contributed by atoms with E-state index >= 15 is 0 Å². The maximum Gasteiger partial charge on any atom is 0.253 e. The lowest BCUT2D eigenvalue weighted by Gasteiger charge is -2.28. The number of carbonyl (C=O) groups is 1. The van der Waals surface area contributed by atoms with Crippen LogP contribution in [0.5, 0.6) is 0 Å². The highest BCUT2D eigenvalue weighted by Crippen LogP contribution is 2.24. The minimum Gasteiger partial charge on any atom is -0.337 e. The lowest BCUT2D eigenvalue weighted by atomic mass is 9.89. The molecule has 1 aromatic carbocycles. The second kappa shape index (κ2) is 8.63. The summed E-state index contributed by atoms with van der Waals surface area (Å²) in [5.41, 5.74) is 7.49. The number of nitrogens with zero attached hydrogens (tertiary/aromatic N) is 2. The van der Waals surface area contributed by atoms with Gasteiger partial charge in [0.1, 0.15) is 0 Å². The zero-order valence-corrected chi connectivity index (χ0v) is 14.8. The first-order valence-electron chi connectivity index (χ1n) is 9.57. The van der Waals surface area contributed by atoms with E-state index in [2.05, 4.69) is 4.90 Å².